The van der Waals surface area contributed by atoms with Gasteiger partial charge < -0.3 is 10.2 Å². The number of hydrogen-bond acceptors (Lipinski definition) is 4. The second-order valence-corrected chi connectivity index (χ2v) is 7.57. The Labute approximate surface area is 123 Å². The number of piperidine rings is 1. The minimum Gasteiger partial charge on any atom is -0.307 e. The van der Waals surface area contributed by atoms with Crippen molar-refractivity contribution in [2.75, 3.05) is 0 Å². The summed E-state index contributed by atoms with van der Waals surface area (Å²) in [5.74, 6) is -0.385. The molecular weight excluding hydrogens is 254 g/mol. The first-order valence-electron chi connectivity index (χ1n) is 7.85. The van der Waals surface area contributed by atoms with E-state index in [-0.39, 0.29) is 22.9 Å². The molecule has 4 nitrogen and oxygen atoms in total. The number of hydrogen-bond donors (Lipinski definition) is 2. The highest BCUT2D eigenvalue weighted by atomic mass is 17.1. The lowest BCUT2D eigenvalue weighted by Crippen LogP contribution is -2.59. The predicted octanol–water partition coefficient (Wildman–Crippen LogP) is 3.76. The molecule has 0 aromatic rings. The average Bonchev–Trinajstić information content (AvgIpc) is 2.30. The van der Waals surface area contributed by atoms with Crippen molar-refractivity contribution in [3.63, 3.8) is 0 Å². The number of unbranched alkanes of at least 4 members (excludes halogenated alkanes) is 2. The van der Waals surface area contributed by atoms with Crippen molar-refractivity contribution in [3.05, 3.63) is 0 Å². The van der Waals surface area contributed by atoms with Gasteiger partial charge in [0.25, 0.3) is 0 Å². The first kappa shape index (κ1) is 17.4. The Morgan fingerprint density at radius 2 is 1.80 bits per heavy atom. The van der Waals surface area contributed by atoms with E-state index in [1.807, 2.05) is 0 Å². The fourth-order valence-corrected chi connectivity index (χ4v) is 3.91. The molecule has 0 aromatic carbocycles. The first-order chi connectivity index (χ1) is 9.21. The molecule has 1 atom stereocenters. The minimum atomic E-state index is -0.459. The molecule has 0 aliphatic carbocycles. The summed E-state index contributed by atoms with van der Waals surface area (Å²) in [5.41, 5.74) is 0.0102. The van der Waals surface area contributed by atoms with Crippen molar-refractivity contribution in [1.82, 2.24) is 5.32 Å². The molecule has 1 aliphatic heterocycles. The van der Waals surface area contributed by atoms with Crippen LogP contribution in [-0.2, 0) is 9.68 Å². The van der Waals surface area contributed by atoms with Crippen LogP contribution in [-0.4, -0.2) is 22.3 Å². The van der Waals surface area contributed by atoms with Gasteiger partial charge in [-0.2, -0.15) is 5.26 Å². The Hall–Kier alpha value is -0.610. The van der Waals surface area contributed by atoms with Crippen molar-refractivity contribution < 1.29 is 14.9 Å². The molecule has 1 rings (SSSR count). The van der Waals surface area contributed by atoms with Crippen LogP contribution in [0.1, 0.15) is 73.1 Å². The van der Waals surface area contributed by atoms with Crippen molar-refractivity contribution in [2.24, 2.45) is 11.8 Å². The molecule has 1 heterocycles. The van der Waals surface area contributed by atoms with E-state index in [2.05, 4.69) is 44.8 Å². The molecule has 20 heavy (non-hydrogen) atoms. The second kappa shape index (κ2) is 6.90. The summed E-state index contributed by atoms with van der Waals surface area (Å²) in [6.07, 6.45) is 5.94. The summed E-state index contributed by atoms with van der Waals surface area (Å²) in [6.45, 7) is 10.8. The Morgan fingerprint density at radius 3 is 2.25 bits per heavy atom. The molecule has 1 aliphatic rings. The van der Waals surface area contributed by atoms with Gasteiger partial charge in [0.1, 0.15) is 0 Å². The van der Waals surface area contributed by atoms with Crippen LogP contribution in [0.25, 0.3) is 0 Å². The van der Waals surface area contributed by atoms with E-state index < -0.39 is 5.97 Å². The van der Waals surface area contributed by atoms with Gasteiger partial charge in [-0.05, 0) is 52.9 Å². The lowest BCUT2D eigenvalue weighted by molar-refractivity contribution is -0.241. The maximum absolute atomic E-state index is 11.9. The molecule has 118 valence electrons. The van der Waals surface area contributed by atoms with Crippen LogP contribution in [0, 0.1) is 11.8 Å². The standard InChI is InChI=1S/C16H31NO3/c1-6-7-8-9-13(14(18)20-19)12-10-15(2,3)17-16(4,5)11-12/h12-13,17,19H,6-11H2,1-5H3. The van der Waals surface area contributed by atoms with E-state index in [1.54, 1.807) is 0 Å². The second-order valence-electron chi connectivity index (χ2n) is 7.57. The maximum Gasteiger partial charge on any atom is 0.345 e. The molecule has 0 aromatic heterocycles. The molecule has 0 saturated carbocycles. The van der Waals surface area contributed by atoms with Crippen molar-refractivity contribution in [2.45, 2.75) is 84.2 Å². The predicted molar refractivity (Wildman–Crippen MR) is 80.4 cm³/mol. The van der Waals surface area contributed by atoms with Crippen molar-refractivity contribution >= 4 is 5.97 Å². The lowest BCUT2D eigenvalue weighted by atomic mass is 9.69. The SMILES string of the molecule is CCCCCC(C(=O)OO)C1CC(C)(C)NC(C)(C)C1. The van der Waals surface area contributed by atoms with Crippen LogP contribution >= 0.6 is 0 Å². The van der Waals surface area contributed by atoms with Gasteiger partial charge in [0.2, 0.25) is 0 Å². The highest BCUT2D eigenvalue weighted by molar-refractivity contribution is 5.72. The quantitative estimate of drug-likeness (QED) is 0.443. The van der Waals surface area contributed by atoms with E-state index in [0.717, 1.165) is 38.5 Å². The zero-order chi connectivity index (χ0) is 15.4. The normalized spacial score (nSPS) is 23.3. The Bertz CT molecular complexity index is 310. The molecule has 0 radical (unpaired) electrons. The Kier molecular flexibility index (Phi) is 6.02. The Balaban J connectivity index is 2.80. The van der Waals surface area contributed by atoms with Crippen LogP contribution in [0.5, 0.6) is 0 Å². The summed E-state index contributed by atoms with van der Waals surface area (Å²) in [4.78, 5) is 16.0. The molecule has 0 spiro atoms. The molecule has 1 fully saturated rings. The lowest BCUT2D eigenvalue weighted by Gasteiger charge is -2.48. The summed E-state index contributed by atoms with van der Waals surface area (Å²) < 4.78 is 0. The third-order valence-electron chi connectivity index (χ3n) is 4.30. The Morgan fingerprint density at radius 1 is 1.25 bits per heavy atom. The first-order valence-corrected chi connectivity index (χ1v) is 7.85. The molecule has 1 saturated heterocycles. The monoisotopic (exact) mass is 285 g/mol. The number of rotatable bonds is 6. The molecule has 0 bridgehead atoms. The zero-order valence-corrected chi connectivity index (χ0v) is 13.7. The van der Waals surface area contributed by atoms with Gasteiger partial charge in [-0.15, -0.1) is 0 Å². The molecule has 4 heteroatoms. The number of carbonyl (C=O) groups excluding carboxylic acids is 1. The number of carbonyl (C=O) groups is 1. The molecule has 2 N–H and O–H groups in total. The molecular formula is C16H31NO3. The summed E-state index contributed by atoms with van der Waals surface area (Å²) >= 11 is 0. The van der Waals surface area contributed by atoms with Crippen LogP contribution in [0.3, 0.4) is 0 Å². The summed E-state index contributed by atoms with van der Waals surface area (Å²) in [7, 11) is 0. The van der Waals surface area contributed by atoms with E-state index in [4.69, 9.17) is 5.26 Å². The van der Waals surface area contributed by atoms with Gasteiger partial charge in [0.05, 0.1) is 5.92 Å². The fourth-order valence-electron chi connectivity index (χ4n) is 3.91. The van der Waals surface area contributed by atoms with E-state index in [0.29, 0.717) is 0 Å². The fraction of sp³-hybridized carbons (Fsp3) is 0.938. The highest BCUT2D eigenvalue weighted by Gasteiger charge is 2.42. The van der Waals surface area contributed by atoms with Gasteiger partial charge in [-0.25, -0.2) is 4.79 Å². The zero-order valence-electron chi connectivity index (χ0n) is 13.7. The summed E-state index contributed by atoms with van der Waals surface area (Å²) in [6, 6.07) is 0. The van der Waals surface area contributed by atoms with Crippen molar-refractivity contribution in [1.29, 1.82) is 0 Å². The van der Waals surface area contributed by atoms with Gasteiger partial charge in [0, 0.05) is 11.1 Å². The van der Waals surface area contributed by atoms with E-state index >= 15 is 0 Å². The largest absolute Gasteiger partial charge is 0.345 e. The molecule has 1 unspecified atom stereocenters. The van der Waals surface area contributed by atoms with Gasteiger partial charge in [-0.3, -0.25) is 0 Å². The van der Waals surface area contributed by atoms with E-state index in [1.165, 1.54) is 0 Å². The third kappa shape index (κ3) is 5.06. The van der Waals surface area contributed by atoms with Crippen LogP contribution < -0.4 is 5.32 Å². The minimum absolute atomic E-state index is 0.00512. The van der Waals surface area contributed by atoms with Crippen LogP contribution in [0.2, 0.25) is 0 Å². The van der Waals surface area contributed by atoms with Gasteiger partial charge >= 0.3 is 5.97 Å². The summed E-state index contributed by atoms with van der Waals surface area (Å²) in [5, 5.41) is 12.4. The van der Waals surface area contributed by atoms with Crippen LogP contribution in [0.15, 0.2) is 0 Å². The topological polar surface area (TPSA) is 58.6 Å². The third-order valence-corrected chi connectivity index (χ3v) is 4.30. The maximum atomic E-state index is 11.9. The highest BCUT2D eigenvalue weighted by Crippen LogP contribution is 2.39. The smallest absolute Gasteiger partial charge is 0.307 e. The molecule has 0 amide bonds. The van der Waals surface area contributed by atoms with Crippen LogP contribution in [0.4, 0.5) is 0 Å². The van der Waals surface area contributed by atoms with Crippen molar-refractivity contribution in [3.8, 4) is 0 Å². The number of nitrogens with one attached hydrogen (secondary N) is 1. The average molecular weight is 285 g/mol. The van der Waals surface area contributed by atoms with Gasteiger partial charge in [0.15, 0.2) is 0 Å². The van der Waals surface area contributed by atoms with E-state index in [9.17, 15) is 4.79 Å². The van der Waals surface area contributed by atoms with Gasteiger partial charge in [-0.1, -0.05) is 26.2 Å².